The van der Waals surface area contributed by atoms with E-state index in [0.29, 0.717) is 0 Å². The number of phenols is 1. The Kier molecular flexibility index (Phi) is 5.49. The zero-order chi connectivity index (χ0) is 12.8. The summed E-state index contributed by atoms with van der Waals surface area (Å²) in [5.74, 6) is -3.49. The van der Waals surface area contributed by atoms with Gasteiger partial charge in [0.2, 0.25) is 0 Å². The van der Waals surface area contributed by atoms with Crippen LogP contribution in [0.4, 0.5) is 0 Å². The van der Waals surface area contributed by atoms with Crippen molar-refractivity contribution in [2.45, 2.75) is 26.7 Å². The Hall–Kier alpha value is -1.59. The molecule has 1 aromatic rings. The molecule has 0 fully saturated rings. The number of aliphatic hydroxyl groups is 2. The molecule has 0 aliphatic rings. The second-order valence-electron chi connectivity index (χ2n) is 2.75. The van der Waals surface area contributed by atoms with Gasteiger partial charge in [-0.1, -0.05) is 13.8 Å². The van der Waals surface area contributed by atoms with Gasteiger partial charge in [-0.15, -0.1) is 0 Å². The SMILES string of the molecule is CC.CC(=O)OC(O)(O)c1ccc(O)cc1. The molecule has 0 bridgehead atoms. The van der Waals surface area contributed by atoms with Gasteiger partial charge < -0.3 is 20.1 Å². The second kappa shape index (κ2) is 6.09. The van der Waals surface area contributed by atoms with Crippen LogP contribution in [-0.2, 0) is 15.5 Å². The molecule has 0 saturated heterocycles. The molecule has 16 heavy (non-hydrogen) atoms. The van der Waals surface area contributed by atoms with E-state index in [0.717, 1.165) is 6.92 Å². The lowest BCUT2D eigenvalue weighted by atomic mass is 10.2. The Morgan fingerprint density at radius 2 is 1.62 bits per heavy atom. The van der Waals surface area contributed by atoms with Gasteiger partial charge in [-0.25, -0.2) is 0 Å². The Morgan fingerprint density at radius 3 is 2.00 bits per heavy atom. The Bertz CT molecular complexity index is 329. The molecule has 0 aromatic heterocycles. The highest BCUT2D eigenvalue weighted by atomic mass is 16.8. The molecule has 5 heteroatoms. The average Bonchev–Trinajstić information content (AvgIpc) is 2.19. The number of esters is 1. The standard InChI is InChI=1S/C9H10O5.C2H6/c1-6(10)14-9(12,13)7-2-4-8(11)5-3-7;1-2/h2-5,11-13H,1H3;1-2H3. The number of carbonyl (C=O) groups is 1. The molecule has 0 amide bonds. The van der Waals surface area contributed by atoms with E-state index in [1.54, 1.807) is 0 Å². The molecule has 3 N–H and O–H groups in total. The summed E-state index contributed by atoms with van der Waals surface area (Å²) >= 11 is 0. The number of hydrogen-bond donors (Lipinski definition) is 3. The maximum absolute atomic E-state index is 10.5. The number of phenolic OH excluding ortho intramolecular Hbond substituents is 1. The fourth-order valence-corrected chi connectivity index (χ4v) is 0.938. The summed E-state index contributed by atoms with van der Waals surface area (Å²) in [6, 6.07) is 4.97. The summed E-state index contributed by atoms with van der Waals surface area (Å²) in [7, 11) is 0. The van der Waals surface area contributed by atoms with E-state index in [1.807, 2.05) is 13.8 Å². The lowest BCUT2D eigenvalue weighted by molar-refractivity contribution is -0.329. The maximum Gasteiger partial charge on any atom is 0.353 e. The molecular formula is C11H16O5. The van der Waals surface area contributed by atoms with Crippen molar-refractivity contribution in [1.29, 1.82) is 0 Å². The van der Waals surface area contributed by atoms with Gasteiger partial charge in [0.25, 0.3) is 0 Å². The van der Waals surface area contributed by atoms with Gasteiger partial charge in [-0.3, -0.25) is 4.79 Å². The minimum absolute atomic E-state index is 0.0209. The van der Waals surface area contributed by atoms with E-state index in [1.165, 1.54) is 24.3 Å². The predicted octanol–water partition coefficient (Wildman–Crippen LogP) is 1.08. The van der Waals surface area contributed by atoms with Gasteiger partial charge in [0.15, 0.2) is 0 Å². The predicted molar refractivity (Wildman–Crippen MR) is 57.3 cm³/mol. The van der Waals surface area contributed by atoms with Crippen molar-refractivity contribution in [2.75, 3.05) is 0 Å². The Labute approximate surface area is 93.9 Å². The van der Waals surface area contributed by atoms with Crippen molar-refractivity contribution in [3.63, 3.8) is 0 Å². The largest absolute Gasteiger partial charge is 0.508 e. The van der Waals surface area contributed by atoms with Gasteiger partial charge in [0, 0.05) is 6.92 Å². The van der Waals surface area contributed by atoms with Gasteiger partial charge in [0.1, 0.15) is 5.75 Å². The lowest BCUT2D eigenvalue weighted by Crippen LogP contribution is -2.30. The summed E-state index contributed by atoms with van der Waals surface area (Å²) in [4.78, 5) is 10.5. The summed E-state index contributed by atoms with van der Waals surface area (Å²) < 4.78 is 4.25. The molecule has 1 rings (SSSR count). The monoisotopic (exact) mass is 228 g/mol. The smallest absolute Gasteiger partial charge is 0.353 e. The molecule has 0 radical (unpaired) electrons. The van der Waals surface area contributed by atoms with E-state index in [-0.39, 0.29) is 11.3 Å². The number of hydrogen-bond acceptors (Lipinski definition) is 5. The highest BCUT2D eigenvalue weighted by Crippen LogP contribution is 2.21. The fourth-order valence-electron chi connectivity index (χ4n) is 0.938. The number of carbonyl (C=O) groups excluding carboxylic acids is 1. The first-order valence-corrected chi connectivity index (χ1v) is 4.85. The van der Waals surface area contributed by atoms with Crippen LogP contribution in [0.2, 0.25) is 0 Å². The van der Waals surface area contributed by atoms with Gasteiger partial charge in [-0.2, -0.15) is 0 Å². The molecule has 0 heterocycles. The molecular weight excluding hydrogens is 212 g/mol. The van der Waals surface area contributed by atoms with Crippen molar-refractivity contribution < 1.29 is 24.9 Å². The van der Waals surface area contributed by atoms with Crippen LogP contribution in [0.1, 0.15) is 26.3 Å². The minimum atomic E-state index is -2.65. The molecule has 1 aromatic carbocycles. The molecule has 0 aliphatic carbocycles. The molecule has 0 spiro atoms. The highest BCUT2D eigenvalue weighted by molar-refractivity contribution is 5.66. The van der Waals surface area contributed by atoms with Crippen LogP contribution in [0, 0.1) is 0 Å². The first kappa shape index (κ1) is 14.4. The molecule has 5 nitrogen and oxygen atoms in total. The Morgan fingerprint density at radius 1 is 1.19 bits per heavy atom. The molecule has 0 saturated carbocycles. The van der Waals surface area contributed by atoms with Crippen molar-refractivity contribution in [1.82, 2.24) is 0 Å². The van der Waals surface area contributed by atoms with Crippen LogP contribution in [0.15, 0.2) is 24.3 Å². The zero-order valence-electron chi connectivity index (χ0n) is 9.47. The van der Waals surface area contributed by atoms with Crippen molar-refractivity contribution >= 4 is 5.97 Å². The molecule has 0 atom stereocenters. The minimum Gasteiger partial charge on any atom is -0.508 e. The third kappa shape index (κ3) is 4.29. The number of rotatable bonds is 2. The van der Waals surface area contributed by atoms with E-state index in [4.69, 9.17) is 5.11 Å². The van der Waals surface area contributed by atoms with Crippen molar-refractivity contribution in [2.24, 2.45) is 0 Å². The lowest BCUT2D eigenvalue weighted by Gasteiger charge is -2.20. The van der Waals surface area contributed by atoms with E-state index < -0.39 is 11.9 Å². The summed E-state index contributed by atoms with van der Waals surface area (Å²) in [5.41, 5.74) is -0.0366. The van der Waals surface area contributed by atoms with E-state index in [9.17, 15) is 15.0 Å². The third-order valence-electron chi connectivity index (χ3n) is 1.53. The van der Waals surface area contributed by atoms with Crippen molar-refractivity contribution in [3.8, 4) is 5.75 Å². The maximum atomic E-state index is 10.5. The van der Waals surface area contributed by atoms with Crippen LogP contribution < -0.4 is 0 Å². The highest BCUT2D eigenvalue weighted by Gasteiger charge is 2.29. The number of benzene rings is 1. The van der Waals surface area contributed by atoms with Crippen LogP contribution in [0.3, 0.4) is 0 Å². The van der Waals surface area contributed by atoms with Crippen LogP contribution in [0.25, 0.3) is 0 Å². The summed E-state index contributed by atoms with van der Waals surface area (Å²) in [5, 5.41) is 27.5. The second-order valence-corrected chi connectivity index (χ2v) is 2.75. The van der Waals surface area contributed by atoms with Crippen LogP contribution in [0.5, 0.6) is 5.75 Å². The van der Waals surface area contributed by atoms with E-state index >= 15 is 0 Å². The third-order valence-corrected chi connectivity index (χ3v) is 1.53. The van der Waals surface area contributed by atoms with Gasteiger partial charge >= 0.3 is 11.9 Å². The summed E-state index contributed by atoms with van der Waals surface area (Å²) in [6.07, 6.45) is 0. The van der Waals surface area contributed by atoms with Crippen molar-refractivity contribution in [3.05, 3.63) is 29.8 Å². The van der Waals surface area contributed by atoms with Gasteiger partial charge in [0.05, 0.1) is 5.56 Å². The Balaban J connectivity index is 0.00000106. The first-order chi connectivity index (χ1) is 7.42. The number of ether oxygens (including phenoxy) is 1. The topological polar surface area (TPSA) is 87.0 Å². The van der Waals surface area contributed by atoms with Gasteiger partial charge in [-0.05, 0) is 24.3 Å². The fraction of sp³-hybridized carbons (Fsp3) is 0.364. The first-order valence-electron chi connectivity index (χ1n) is 4.85. The van der Waals surface area contributed by atoms with Crippen LogP contribution in [-0.4, -0.2) is 21.3 Å². The number of aromatic hydroxyl groups is 1. The van der Waals surface area contributed by atoms with E-state index in [2.05, 4.69) is 4.74 Å². The van der Waals surface area contributed by atoms with Crippen LogP contribution >= 0.6 is 0 Å². The molecule has 0 unspecified atom stereocenters. The quantitative estimate of drug-likeness (QED) is 0.520. The molecule has 0 aliphatic heterocycles. The zero-order valence-corrected chi connectivity index (χ0v) is 9.47. The normalized spacial score (nSPS) is 10.1. The average molecular weight is 228 g/mol. The summed E-state index contributed by atoms with van der Waals surface area (Å²) in [6.45, 7) is 5.06. The molecule has 90 valence electrons.